The number of aromatic nitrogens is 1. The van der Waals surface area contributed by atoms with E-state index in [0.29, 0.717) is 30.2 Å². The lowest BCUT2D eigenvalue weighted by molar-refractivity contribution is 0.0527. The number of rotatable bonds is 6. The van der Waals surface area contributed by atoms with Gasteiger partial charge in [-0.05, 0) is 33.1 Å². The first kappa shape index (κ1) is 15.6. The molecule has 106 valence electrons. The molecule has 0 saturated carbocycles. The Balaban J connectivity index is 2.86. The first-order valence-corrected chi connectivity index (χ1v) is 7.34. The molecule has 0 radical (unpaired) electrons. The summed E-state index contributed by atoms with van der Waals surface area (Å²) < 4.78 is 5.02. The van der Waals surface area contributed by atoms with Crippen LogP contribution in [0.1, 0.15) is 31.1 Å². The van der Waals surface area contributed by atoms with Crippen molar-refractivity contribution in [2.45, 2.75) is 25.5 Å². The highest BCUT2D eigenvalue weighted by molar-refractivity contribution is 7.99. The number of hydrogen-bond donors (Lipinski definition) is 2. The zero-order valence-electron chi connectivity index (χ0n) is 11.8. The number of nitrogens with one attached hydrogen (secondary N) is 1. The maximum absolute atomic E-state index is 11.7. The summed E-state index contributed by atoms with van der Waals surface area (Å²) in [6.07, 6.45) is 3.60. The van der Waals surface area contributed by atoms with Gasteiger partial charge in [-0.15, -0.1) is 0 Å². The van der Waals surface area contributed by atoms with Gasteiger partial charge in [-0.2, -0.15) is 11.8 Å². The highest BCUT2D eigenvalue weighted by Crippen LogP contribution is 2.25. The fraction of sp³-hybridized carbons (Fsp3) is 0.538. The zero-order valence-corrected chi connectivity index (χ0v) is 12.6. The predicted octanol–water partition coefficient (Wildman–Crippen LogP) is 2.39. The molecule has 19 heavy (non-hydrogen) atoms. The number of ether oxygens (including phenoxy) is 1. The molecule has 1 aromatic heterocycles. The van der Waals surface area contributed by atoms with Gasteiger partial charge in [0, 0.05) is 17.5 Å². The molecule has 0 spiro atoms. The van der Waals surface area contributed by atoms with Crippen molar-refractivity contribution in [1.29, 1.82) is 0 Å². The van der Waals surface area contributed by atoms with Crippen molar-refractivity contribution in [3.05, 3.63) is 17.8 Å². The minimum Gasteiger partial charge on any atom is -0.462 e. The van der Waals surface area contributed by atoms with Gasteiger partial charge < -0.3 is 15.8 Å². The summed E-state index contributed by atoms with van der Waals surface area (Å²) in [6, 6.07) is 1.57. The van der Waals surface area contributed by atoms with Crippen molar-refractivity contribution in [2.75, 3.05) is 30.5 Å². The average Bonchev–Trinajstić information content (AvgIpc) is 2.38. The van der Waals surface area contributed by atoms with Gasteiger partial charge in [0.2, 0.25) is 0 Å². The molecule has 0 unspecified atom stereocenters. The van der Waals surface area contributed by atoms with E-state index in [-0.39, 0.29) is 4.75 Å². The molecule has 0 amide bonds. The number of nitrogen functional groups attached to an aromatic ring is 1. The Hall–Kier alpha value is -1.43. The van der Waals surface area contributed by atoms with Gasteiger partial charge in [-0.3, -0.25) is 0 Å². The molecule has 0 aromatic carbocycles. The molecule has 0 fully saturated rings. The van der Waals surface area contributed by atoms with Crippen molar-refractivity contribution in [3.8, 4) is 0 Å². The van der Waals surface area contributed by atoms with Crippen LogP contribution in [0.3, 0.4) is 0 Å². The van der Waals surface area contributed by atoms with Crippen molar-refractivity contribution in [3.63, 3.8) is 0 Å². The standard InChI is InChI=1S/C13H21N3O2S/c1-5-18-12(17)9-6-7-15-11(10(9)14)16-8-13(2,3)19-4/h6-7H,5,8,14H2,1-4H3,(H,15,16). The summed E-state index contributed by atoms with van der Waals surface area (Å²) in [5.74, 6) is 0.0993. The van der Waals surface area contributed by atoms with Gasteiger partial charge in [0.05, 0.1) is 17.9 Å². The summed E-state index contributed by atoms with van der Waals surface area (Å²) in [4.78, 5) is 15.9. The minimum absolute atomic E-state index is 0.0635. The average molecular weight is 283 g/mol. The van der Waals surface area contributed by atoms with Crippen LogP contribution in [0, 0.1) is 0 Å². The summed E-state index contributed by atoms with van der Waals surface area (Å²) in [5, 5.41) is 3.18. The van der Waals surface area contributed by atoms with E-state index in [1.807, 2.05) is 6.26 Å². The topological polar surface area (TPSA) is 77.2 Å². The van der Waals surface area contributed by atoms with Crippen molar-refractivity contribution >= 4 is 29.2 Å². The summed E-state index contributed by atoms with van der Waals surface area (Å²) >= 11 is 1.75. The SMILES string of the molecule is CCOC(=O)c1ccnc(NCC(C)(C)SC)c1N. The molecule has 0 bridgehead atoms. The van der Waals surface area contributed by atoms with E-state index in [2.05, 4.69) is 24.1 Å². The van der Waals surface area contributed by atoms with Gasteiger partial charge in [0.1, 0.15) is 5.82 Å². The van der Waals surface area contributed by atoms with Crippen LogP contribution in [0.5, 0.6) is 0 Å². The van der Waals surface area contributed by atoms with Crippen LogP contribution in [0.15, 0.2) is 12.3 Å². The third kappa shape index (κ3) is 4.31. The number of carbonyl (C=O) groups is 1. The Kier molecular flexibility index (Phi) is 5.47. The Morgan fingerprint density at radius 3 is 2.84 bits per heavy atom. The Morgan fingerprint density at radius 2 is 2.26 bits per heavy atom. The second-order valence-corrected chi connectivity index (χ2v) is 6.17. The minimum atomic E-state index is -0.422. The fourth-order valence-electron chi connectivity index (χ4n) is 1.37. The maximum atomic E-state index is 11.7. The van der Waals surface area contributed by atoms with E-state index in [1.165, 1.54) is 0 Å². The normalized spacial score (nSPS) is 11.2. The third-order valence-electron chi connectivity index (χ3n) is 2.72. The van der Waals surface area contributed by atoms with Crippen LogP contribution in [0.25, 0.3) is 0 Å². The first-order chi connectivity index (χ1) is 8.91. The van der Waals surface area contributed by atoms with E-state index in [0.717, 1.165) is 0 Å². The Morgan fingerprint density at radius 1 is 1.58 bits per heavy atom. The molecule has 0 saturated heterocycles. The smallest absolute Gasteiger partial charge is 0.340 e. The summed E-state index contributed by atoms with van der Waals surface area (Å²) in [7, 11) is 0. The molecule has 0 aliphatic carbocycles. The number of hydrogen-bond acceptors (Lipinski definition) is 6. The highest BCUT2D eigenvalue weighted by atomic mass is 32.2. The first-order valence-electron chi connectivity index (χ1n) is 6.12. The van der Waals surface area contributed by atoms with Gasteiger partial charge in [-0.1, -0.05) is 0 Å². The van der Waals surface area contributed by atoms with Gasteiger partial charge >= 0.3 is 5.97 Å². The van der Waals surface area contributed by atoms with Crippen LogP contribution in [-0.4, -0.2) is 35.1 Å². The van der Waals surface area contributed by atoms with Crippen molar-refractivity contribution in [1.82, 2.24) is 4.98 Å². The molecule has 1 rings (SSSR count). The number of thioether (sulfide) groups is 1. The molecule has 0 aliphatic rings. The fourth-order valence-corrected chi connectivity index (χ4v) is 1.59. The van der Waals surface area contributed by atoms with E-state index < -0.39 is 5.97 Å². The third-order valence-corrected chi connectivity index (χ3v) is 3.97. The number of nitrogens with two attached hydrogens (primary N) is 1. The maximum Gasteiger partial charge on any atom is 0.340 e. The quantitative estimate of drug-likeness (QED) is 0.781. The van der Waals surface area contributed by atoms with Crippen molar-refractivity contribution in [2.24, 2.45) is 0 Å². The molecular formula is C13H21N3O2S. The summed E-state index contributed by atoms with van der Waals surface area (Å²) in [5.41, 5.74) is 6.63. The van der Waals surface area contributed by atoms with Crippen molar-refractivity contribution < 1.29 is 9.53 Å². The van der Waals surface area contributed by atoms with Crippen LogP contribution < -0.4 is 11.1 Å². The van der Waals surface area contributed by atoms with Crippen LogP contribution in [0.2, 0.25) is 0 Å². The van der Waals surface area contributed by atoms with E-state index in [1.54, 1.807) is 30.9 Å². The second kappa shape index (κ2) is 6.65. The molecule has 1 aromatic rings. The monoisotopic (exact) mass is 283 g/mol. The van der Waals surface area contributed by atoms with Crippen LogP contribution in [-0.2, 0) is 4.74 Å². The van der Waals surface area contributed by atoms with Crippen LogP contribution in [0.4, 0.5) is 11.5 Å². The number of anilines is 2. The van der Waals surface area contributed by atoms with Gasteiger partial charge in [-0.25, -0.2) is 9.78 Å². The number of nitrogens with zero attached hydrogens (tertiary/aromatic N) is 1. The molecule has 3 N–H and O–H groups in total. The molecule has 0 atom stereocenters. The van der Waals surface area contributed by atoms with E-state index in [9.17, 15) is 4.79 Å². The molecule has 5 nitrogen and oxygen atoms in total. The lowest BCUT2D eigenvalue weighted by Gasteiger charge is -2.23. The second-order valence-electron chi connectivity index (χ2n) is 4.66. The number of pyridine rings is 1. The number of esters is 1. The number of carbonyl (C=O) groups excluding carboxylic acids is 1. The predicted molar refractivity (Wildman–Crippen MR) is 80.7 cm³/mol. The van der Waals surface area contributed by atoms with E-state index >= 15 is 0 Å². The van der Waals surface area contributed by atoms with Crippen LogP contribution >= 0.6 is 11.8 Å². The Bertz CT molecular complexity index is 450. The summed E-state index contributed by atoms with van der Waals surface area (Å²) in [6.45, 7) is 7.03. The molecular weight excluding hydrogens is 262 g/mol. The van der Waals surface area contributed by atoms with Gasteiger partial charge in [0.25, 0.3) is 0 Å². The molecule has 6 heteroatoms. The van der Waals surface area contributed by atoms with E-state index in [4.69, 9.17) is 10.5 Å². The van der Waals surface area contributed by atoms with Gasteiger partial charge in [0.15, 0.2) is 0 Å². The Labute approximate surface area is 118 Å². The molecule has 1 heterocycles. The highest BCUT2D eigenvalue weighted by Gasteiger charge is 2.18. The lowest BCUT2D eigenvalue weighted by Crippen LogP contribution is -2.26. The largest absolute Gasteiger partial charge is 0.462 e. The lowest BCUT2D eigenvalue weighted by atomic mass is 10.2. The molecule has 0 aliphatic heterocycles. The zero-order chi connectivity index (χ0) is 14.5.